The van der Waals surface area contributed by atoms with E-state index in [1.165, 1.54) is 16.7 Å². The van der Waals surface area contributed by atoms with E-state index < -0.39 is 11.6 Å². The van der Waals surface area contributed by atoms with Crippen LogP contribution in [0.1, 0.15) is 65.8 Å². The lowest BCUT2D eigenvalue weighted by atomic mass is 9.69. The predicted octanol–water partition coefficient (Wildman–Crippen LogP) is 6.95. The molecule has 0 spiro atoms. The molecule has 0 aromatic heterocycles. The minimum absolute atomic E-state index is 0.0393. The topological polar surface area (TPSA) is 0 Å². The highest BCUT2D eigenvalue weighted by molar-refractivity contribution is 5.46. The largest absolute Gasteiger partial charge is 0.207 e. The molecule has 1 aliphatic rings. The third kappa shape index (κ3) is 3.29. The molecular weight excluding hydrogens is 338 g/mol. The van der Waals surface area contributed by atoms with Crippen molar-refractivity contribution in [2.45, 2.75) is 44.4 Å². The van der Waals surface area contributed by atoms with Crippen LogP contribution in [-0.2, 0) is 6.42 Å². The zero-order valence-corrected chi connectivity index (χ0v) is 15.8. The van der Waals surface area contributed by atoms with Gasteiger partial charge in [-0.05, 0) is 59.1 Å². The van der Waals surface area contributed by atoms with Crippen molar-refractivity contribution in [3.63, 3.8) is 0 Å². The van der Waals surface area contributed by atoms with Crippen molar-refractivity contribution in [2.75, 3.05) is 0 Å². The summed E-state index contributed by atoms with van der Waals surface area (Å²) in [4.78, 5) is 0. The highest BCUT2D eigenvalue weighted by Gasteiger charge is 2.33. The van der Waals surface area contributed by atoms with Crippen molar-refractivity contribution in [3.8, 4) is 0 Å². The van der Waals surface area contributed by atoms with E-state index in [1.54, 1.807) is 12.1 Å². The number of aryl methyl sites for hydroxylation is 1. The Morgan fingerprint density at radius 2 is 1.44 bits per heavy atom. The molecule has 0 amide bonds. The second kappa shape index (κ2) is 7.26. The van der Waals surface area contributed by atoms with Crippen LogP contribution in [0.4, 0.5) is 8.78 Å². The van der Waals surface area contributed by atoms with Gasteiger partial charge < -0.3 is 0 Å². The number of rotatable bonds is 3. The standard InChI is InChI=1S/C25H24F2/c1-16(2)24-22(26)14-19(15-23(24)27)25-20-11-7-6-10-18(20)12-13-21(25)17-8-4-3-5-9-17/h3-11,14-16,21,25H,12-13H2,1-2H3. The van der Waals surface area contributed by atoms with E-state index >= 15 is 0 Å². The van der Waals surface area contributed by atoms with Crippen LogP contribution < -0.4 is 0 Å². The Morgan fingerprint density at radius 1 is 0.815 bits per heavy atom. The quantitative estimate of drug-likeness (QED) is 0.473. The van der Waals surface area contributed by atoms with E-state index in [2.05, 4.69) is 24.3 Å². The van der Waals surface area contributed by atoms with E-state index in [-0.39, 0.29) is 23.3 Å². The molecule has 0 nitrogen and oxygen atoms in total. The number of hydrogen-bond acceptors (Lipinski definition) is 0. The van der Waals surface area contributed by atoms with E-state index in [0.29, 0.717) is 0 Å². The first-order chi connectivity index (χ1) is 13.1. The summed E-state index contributed by atoms with van der Waals surface area (Å²) >= 11 is 0. The van der Waals surface area contributed by atoms with Crippen molar-refractivity contribution in [1.29, 1.82) is 0 Å². The third-order valence-corrected chi connectivity index (χ3v) is 5.78. The van der Waals surface area contributed by atoms with Gasteiger partial charge in [0.1, 0.15) is 11.6 Å². The highest BCUT2D eigenvalue weighted by atomic mass is 19.1. The SMILES string of the molecule is CC(C)c1c(F)cc(C2c3ccccc3CCC2c2ccccc2)cc1F. The summed E-state index contributed by atoms with van der Waals surface area (Å²) in [6.07, 6.45) is 1.96. The van der Waals surface area contributed by atoms with Crippen LogP contribution in [-0.4, -0.2) is 0 Å². The zero-order valence-electron chi connectivity index (χ0n) is 15.8. The second-order valence-corrected chi connectivity index (χ2v) is 7.79. The van der Waals surface area contributed by atoms with Gasteiger partial charge in [0, 0.05) is 11.5 Å². The van der Waals surface area contributed by atoms with Crippen molar-refractivity contribution in [2.24, 2.45) is 0 Å². The Bertz CT molecular complexity index is 921. The fourth-order valence-corrected chi connectivity index (χ4v) is 4.57. The van der Waals surface area contributed by atoms with Crippen molar-refractivity contribution >= 4 is 0 Å². The molecule has 2 unspecified atom stereocenters. The monoisotopic (exact) mass is 362 g/mol. The summed E-state index contributed by atoms with van der Waals surface area (Å²) in [5, 5.41) is 0. The lowest BCUT2D eigenvalue weighted by Crippen LogP contribution is -2.21. The summed E-state index contributed by atoms with van der Waals surface area (Å²) in [7, 11) is 0. The van der Waals surface area contributed by atoms with Crippen LogP contribution >= 0.6 is 0 Å². The summed E-state index contributed by atoms with van der Waals surface area (Å²) in [5.41, 5.74) is 4.61. The molecule has 0 radical (unpaired) electrons. The van der Waals surface area contributed by atoms with Gasteiger partial charge in [-0.2, -0.15) is 0 Å². The van der Waals surface area contributed by atoms with Crippen LogP contribution in [0.25, 0.3) is 0 Å². The minimum atomic E-state index is -0.435. The average Bonchev–Trinajstić information content (AvgIpc) is 2.67. The molecule has 2 heteroatoms. The van der Waals surface area contributed by atoms with Crippen LogP contribution in [0.5, 0.6) is 0 Å². The molecule has 3 aromatic carbocycles. The Balaban J connectivity index is 1.88. The van der Waals surface area contributed by atoms with Gasteiger partial charge >= 0.3 is 0 Å². The lowest BCUT2D eigenvalue weighted by Gasteiger charge is -2.35. The molecule has 1 aliphatic carbocycles. The fraction of sp³-hybridized carbons (Fsp3) is 0.280. The van der Waals surface area contributed by atoms with Gasteiger partial charge in [-0.15, -0.1) is 0 Å². The fourth-order valence-electron chi connectivity index (χ4n) is 4.57. The van der Waals surface area contributed by atoms with E-state index in [1.807, 2.05) is 44.2 Å². The Kier molecular flexibility index (Phi) is 4.82. The summed E-state index contributed by atoms with van der Waals surface area (Å²) in [6, 6.07) is 21.8. The summed E-state index contributed by atoms with van der Waals surface area (Å²) < 4.78 is 29.6. The van der Waals surface area contributed by atoms with Gasteiger partial charge in [-0.3, -0.25) is 0 Å². The predicted molar refractivity (Wildman–Crippen MR) is 106 cm³/mol. The zero-order chi connectivity index (χ0) is 19.0. The number of hydrogen-bond donors (Lipinski definition) is 0. The molecule has 2 atom stereocenters. The normalized spacial score (nSPS) is 19.1. The number of benzene rings is 3. The Hall–Kier alpha value is -2.48. The van der Waals surface area contributed by atoms with Crippen molar-refractivity contribution in [1.82, 2.24) is 0 Å². The van der Waals surface area contributed by atoms with Crippen LogP contribution in [0.2, 0.25) is 0 Å². The third-order valence-electron chi connectivity index (χ3n) is 5.78. The first-order valence-electron chi connectivity index (χ1n) is 9.68. The van der Waals surface area contributed by atoms with Gasteiger partial charge in [0.25, 0.3) is 0 Å². The number of fused-ring (bicyclic) bond motifs is 1. The molecule has 138 valence electrons. The maximum atomic E-state index is 14.8. The first kappa shape index (κ1) is 17.9. The van der Waals surface area contributed by atoms with Crippen LogP contribution in [0.3, 0.4) is 0 Å². The minimum Gasteiger partial charge on any atom is -0.207 e. The average molecular weight is 362 g/mol. The summed E-state index contributed by atoms with van der Waals surface area (Å²) in [6.45, 7) is 3.65. The van der Waals surface area contributed by atoms with Crippen LogP contribution in [0, 0.1) is 11.6 Å². The van der Waals surface area contributed by atoms with E-state index in [4.69, 9.17) is 0 Å². The maximum Gasteiger partial charge on any atom is 0.129 e. The molecule has 0 fully saturated rings. The smallest absolute Gasteiger partial charge is 0.129 e. The molecule has 3 aromatic rings. The van der Waals surface area contributed by atoms with Gasteiger partial charge in [-0.25, -0.2) is 8.78 Å². The number of halogens is 2. The van der Waals surface area contributed by atoms with Gasteiger partial charge in [0.05, 0.1) is 0 Å². The van der Waals surface area contributed by atoms with Crippen molar-refractivity contribution in [3.05, 3.63) is 106 Å². The molecule has 4 rings (SSSR count). The maximum absolute atomic E-state index is 14.8. The molecular formula is C25H24F2. The molecule has 0 heterocycles. The van der Waals surface area contributed by atoms with Crippen LogP contribution in [0.15, 0.2) is 66.7 Å². The Labute approximate surface area is 159 Å². The van der Waals surface area contributed by atoms with E-state index in [0.717, 1.165) is 18.4 Å². The highest BCUT2D eigenvalue weighted by Crippen LogP contribution is 2.46. The molecule has 0 aliphatic heterocycles. The Morgan fingerprint density at radius 3 is 2.11 bits per heavy atom. The molecule has 0 N–H and O–H groups in total. The second-order valence-electron chi connectivity index (χ2n) is 7.79. The summed E-state index contributed by atoms with van der Waals surface area (Å²) in [5.74, 6) is -0.875. The molecule has 0 saturated heterocycles. The van der Waals surface area contributed by atoms with Gasteiger partial charge in [-0.1, -0.05) is 68.4 Å². The van der Waals surface area contributed by atoms with Gasteiger partial charge in [0.2, 0.25) is 0 Å². The molecule has 0 saturated carbocycles. The van der Waals surface area contributed by atoms with E-state index in [9.17, 15) is 8.78 Å². The molecule has 0 bridgehead atoms. The lowest BCUT2D eigenvalue weighted by molar-refractivity contribution is 0.505. The molecule has 27 heavy (non-hydrogen) atoms. The van der Waals surface area contributed by atoms with Crippen molar-refractivity contribution < 1.29 is 8.78 Å². The van der Waals surface area contributed by atoms with Gasteiger partial charge in [0.15, 0.2) is 0 Å². The first-order valence-corrected chi connectivity index (χ1v) is 9.68.